The number of nitriles is 1. The van der Waals surface area contributed by atoms with Crippen LogP contribution in [0.15, 0.2) is 70.2 Å². The fraction of sp³-hybridized carbons (Fsp3) is 0.222. The van der Waals surface area contributed by atoms with E-state index in [1.807, 2.05) is 62.4 Å². The van der Waals surface area contributed by atoms with Gasteiger partial charge in [-0.25, -0.2) is 5.43 Å². The molecule has 0 bridgehead atoms. The molecular formula is C27H26BrN3O4. The van der Waals surface area contributed by atoms with E-state index < -0.39 is 0 Å². The number of carbonyl (C=O) groups excluding carboxylic acids is 1. The van der Waals surface area contributed by atoms with Crippen molar-refractivity contribution in [1.82, 2.24) is 5.43 Å². The molecule has 0 aliphatic heterocycles. The number of nitrogens with one attached hydrogen (secondary N) is 1. The molecule has 0 fully saturated rings. The lowest BCUT2D eigenvalue weighted by Crippen LogP contribution is -2.19. The van der Waals surface area contributed by atoms with Gasteiger partial charge >= 0.3 is 0 Å². The second kappa shape index (κ2) is 13.2. The van der Waals surface area contributed by atoms with Crippen LogP contribution in [0.1, 0.15) is 36.1 Å². The highest BCUT2D eigenvalue weighted by Gasteiger charge is 2.13. The monoisotopic (exact) mass is 535 g/mol. The van der Waals surface area contributed by atoms with Crippen LogP contribution in [0.5, 0.6) is 17.2 Å². The predicted molar refractivity (Wildman–Crippen MR) is 138 cm³/mol. The summed E-state index contributed by atoms with van der Waals surface area (Å²) in [6, 6.07) is 20.4. The Bertz CT molecular complexity index is 1220. The highest BCUT2D eigenvalue weighted by atomic mass is 79.9. The minimum atomic E-state index is -0.231. The van der Waals surface area contributed by atoms with E-state index >= 15 is 0 Å². The second-order valence-corrected chi connectivity index (χ2v) is 8.22. The highest BCUT2D eigenvalue weighted by molar-refractivity contribution is 9.10. The molecule has 0 saturated carbocycles. The summed E-state index contributed by atoms with van der Waals surface area (Å²) in [6.45, 7) is 5.06. The van der Waals surface area contributed by atoms with E-state index in [0.717, 1.165) is 16.9 Å². The topological polar surface area (TPSA) is 92.9 Å². The Labute approximate surface area is 213 Å². The summed E-state index contributed by atoms with van der Waals surface area (Å²) >= 11 is 3.53. The number of benzene rings is 3. The molecule has 7 nitrogen and oxygen atoms in total. The van der Waals surface area contributed by atoms with Gasteiger partial charge in [0.05, 0.1) is 42.0 Å². The number of hydrogen-bond donors (Lipinski definition) is 1. The third kappa shape index (κ3) is 7.59. The van der Waals surface area contributed by atoms with Crippen molar-refractivity contribution in [2.24, 2.45) is 5.10 Å². The molecule has 8 heteroatoms. The molecule has 0 aliphatic rings. The third-order valence-corrected chi connectivity index (χ3v) is 5.43. The third-order valence-electron chi connectivity index (χ3n) is 4.84. The first kappa shape index (κ1) is 25.8. The Morgan fingerprint density at radius 2 is 1.80 bits per heavy atom. The van der Waals surface area contributed by atoms with Gasteiger partial charge in [-0.2, -0.15) is 10.4 Å². The molecule has 1 amide bonds. The largest absolute Gasteiger partial charge is 0.494 e. The maximum absolute atomic E-state index is 12.2. The molecule has 3 aromatic rings. The lowest BCUT2D eigenvalue weighted by atomic mass is 10.1. The molecular weight excluding hydrogens is 510 g/mol. The normalized spacial score (nSPS) is 10.6. The predicted octanol–water partition coefficient (Wildman–Crippen LogP) is 5.39. The first-order valence-corrected chi connectivity index (χ1v) is 11.9. The molecule has 0 unspecified atom stereocenters. The molecule has 0 saturated heterocycles. The van der Waals surface area contributed by atoms with Gasteiger partial charge in [0, 0.05) is 5.56 Å². The van der Waals surface area contributed by atoms with Gasteiger partial charge in [0.25, 0.3) is 0 Å². The quantitative estimate of drug-likeness (QED) is 0.262. The molecule has 180 valence electrons. The van der Waals surface area contributed by atoms with Crippen molar-refractivity contribution in [3.05, 3.63) is 87.4 Å². The minimum absolute atomic E-state index is 0.203. The van der Waals surface area contributed by atoms with E-state index in [1.54, 1.807) is 12.1 Å². The number of carbonyl (C=O) groups is 1. The second-order valence-electron chi connectivity index (χ2n) is 7.37. The van der Waals surface area contributed by atoms with Crippen molar-refractivity contribution in [3.8, 4) is 23.3 Å². The first-order valence-electron chi connectivity index (χ1n) is 11.1. The zero-order valence-electron chi connectivity index (χ0n) is 19.6. The molecule has 3 aromatic carbocycles. The van der Waals surface area contributed by atoms with E-state index in [1.165, 1.54) is 6.21 Å². The summed E-state index contributed by atoms with van der Waals surface area (Å²) < 4.78 is 17.8. The molecule has 0 radical (unpaired) electrons. The average molecular weight is 536 g/mol. The Kier molecular flexibility index (Phi) is 9.69. The molecule has 0 aromatic heterocycles. The zero-order chi connectivity index (χ0) is 25.0. The maximum atomic E-state index is 12.2. The number of amides is 1. The number of hydrogen-bond acceptors (Lipinski definition) is 6. The number of halogens is 1. The molecule has 35 heavy (non-hydrogen) atoms. The molecule has 0 spiro atoms. The summed E-state index contributed by atoms with van der Waals surface area (Å²) in [5.74, 6) is 1.59. The van der Waals surface area contributed by atoms with E-state index in [9.17, 15) is 10.1 Å². The summed E-state index contributed by atoms with van der Waals surface area (Å²) in [4.78, 5) is 12.2. The lowest BCUT2D eigenvalue weighted by Gasteiger charge is -2.15. The van der Waals surface area contributed by atoms with Gasteiger partial charge in [-0.05, 0) is 71.2 Å². The van der Waals surface area contributed by atoms with Crippen molar-refractivity contribution < 1.29 is 19.0 Å². The molecule has 0 aliphatic carbocycles. The number of ether oxygens (including phenoxy) is 3. The lowest BCUT2D eigenvalue weighted by molar-refractivity contribution is -0.120. The van der Waals surface area contributed by atoms with Gasteiger partial charge in [0.2, 0.25) is 5.91 Å². The van der Waals surface area contributed by atoms with Crippen LogP contribution in [-0.4, -0.2) is 25.3 Å². The van der Waals surface area contributed by atoms with E-state index in [4.69, 9.17) is 14.2 Å². The fourth-order valence-electron chi connectivity index (χ4n) is 3.24. The zero-order valence-corrected chi connectivity index (χ0v) is 21.2. The Morgan fingerprint density at radius 1 is 1.06 bits per heavy atom. The average Bonchev–Trinajstić information content (AvgIpc) is 2.85. The van der Waals surface area contributed by atoms with Crippen molar-refractivity contribution in [3.63, 3.8) is 0 Å². The summed E-state index contributed by atoms with van der Waals surface area (Å²) in [6.07, 6.45) is 1.74. The van der Waals surface area contributed by atoms with Crippen LogP contribution in [0.25, 0.3) is 0 Å². The van der Waals surface area contributed by atoms with Gasteiger partial charge in [0.15, 0.2) is 11.5 Å². The van der Waals surface area contributed by atoms with Crippen molar-refractivity contribution >= 4 is 28.1 Å². The number of hydrazone groups is 1. The first-order chi connectivity index (χ1) is 17.0. The highest BCUT2D eigenvalue weighted by Crippen LogP contribution is 2.37. The number of rotatable bonds is 11. The van der Waals surface area contributed by atoms with Gasteiger partial charge in [-0.15, -0.1) is 0 Å². The Hall–Kier alpha value is -3.83. The summed E-state index contributed by atoms with van der Waals surface area (Å²) in [5, 5.41) is 13.4. The molecule has 0 atom stereocenters. The molecule has 0 heterocycles. The van der Waals surface area contributed by atoms with Crippen LogP contribution in [0.2, 0.25) is 0 Å². The Morgan fingerprint density at radius 3 is 2.51 bits per heavy atom. The minimum Gasteiger partial charge on any atom is -0.494 e. The van der Waals surface area contributed by atoms with Crippen molar-refractivity contribution in [1.29, 1.82) is 5.26 Å². The maximum Gasteiger partial charge on any atom is 0.244 e. The summed E-state index contributed by atoms with van der Waals surface area (Å²) in [7, 11) is 0. The van der Waals surface area contributed by atoms with Crippen LogP contribution >= 0.6 is 15.9 Å². The van der Waals surface area contributed by atoms with Gasteiger partial charge in [0.1, 0.15) is 12.4 Å². The van der Waals surface area contributed by atoms with Crippen LogP contribution < -0.4 is 19.6 Å². The molecule has 3 rings (SSSR count). The van der Waals surface area contributed by atoms with Crippen LogP contribution in [0.3, 0.4) is 0 Å². The van der Waals surface area contributed by atoms with Crippen molar-refractivity contribution in [2.75, 3.05) is 13.2 Å². The van der Waals surface area contributed by atoms with Gasteiger partial charge in [-0.1, -0.05) is 30.3 Å². The van der Waals surface area contributed by atoms with Crippen LogP contribution in [0, 0.1) is 11.3 Å². The molecule has 1 N–H and O–H groups in total. The van der Waals surface area contributed by atoms with Gasteiger partial charge < -0.3 is 14.2 Å². The summed E-state index contributed by atoms with van der Waals surface area (Å²) in [5.41, 5.74) is 5.47. The Balaban J connectivity index is 1.65. The van der Waals surface area contributed by atoms with E-state index in [-0.39, 0.29) is 18.9 Å². The van der Waals surface area contributed by atoms with Crippen molar-refractivity contribution in [2.45, 2.75) is 26.9 Å². The fourth-order valence-corrected chi connectivity index (χ4v) is 3.82. The smallest absolute Gasteiger partial charge is 0.244 e. The van der Waals surface area contributed by atoms with E-state index in [0.29, 0.717) is 40.3 Å². The van der Waals surface area contributed by atoms with Crippen LogP contribution in [-0.2, 0) is 17.8 Å². The number of nitrogens with zero attached hydrogens (tertiary/aromatic N) is 2. The van der Waals surface area contributed by atoms with Crippen LogP contribution in [0.4, 0.5) is 0 Å². The van der Waals surface area contributed by atoms with Gasteiger partial charge in [-0.3, -0.25) is 4.79 Å². The standard InChI is InChI=1S/C27H26BrN3O4/c1-3-33-23-11-9-19(10-12-23)15-26(32)31-30-17-20-13-24(28)27(25(14-20)34-4-2)35-18-22-8-6-5-7-21(22)16-29/h5-14,17H,3-4,15,18H2,1-2H3,(H,31,32)/b30-17-. The SMILES string of the molecule is CCOc1ccc(CC(=O)N/N=C\c2cc(Br)c(OCc3ccccc3C#N)c(OCC)c2)cc1. The van der Waals surface area contributed by atoms with E-state index in [2.05, 4.69) is 32.5 Å².